The second-order valence-electron chi connectivity index (χ2n) is 5.14. The molecule has 5 heteroatoms. The van der Waals surface area contributed by atoms with Gasteiger partial charge in [0.25, 0.3) is 0 Å². The van der Waals surface area contributed by atoms with E-state index in [1.807, 2.05) is 42.5 Å². The van der Waals surface area contributed by atoms with Crippen LogP contribution in [0.1, 0.15) is 5.56 Å². The van der Waals surface area contributed by atoms with Gasteiger partial charge in [-0.2, -0.15) is 0 Å². The van der Waals surface area contributed by atoms with Crippen molar-refractivity contribution in [3.05, 3.63) is 53.1 Å². The van der Waals surface area contributed by atoms with Gasteiger partial charge >= 0.3 is 6.03 Å². The van der Waals surface area contributed by atoms with E-state index >= 15 is 0 Å². The highest BCUT2D eigenvalue weighted by Crippen LogP contribution is 2.28. The van der Waals surface area contributed by atoms with Crippen LogP contribution in [0.5, 0.6) is 0 Å². The molecule has 22 heavy (non-hydrogen) atoms. The van der Waals surface area contributed by atoms with Gasteiger partial charge in [0.1, 0.15) is 0 Å². The molecule has 0 unspecified atom stereocenters. The Morgan fingerprint density at radius 2 is 1.86 bits per heavy atom. The number of methoxy groups -OCH3 is 1. The average Bonchev–Trinajstić information content (AvgIpc) is 2.49. The van der Waals surface area contributed by atoms with Gasteiger partial charge in [-0.15, -0.1) is 0 Å². The molecule has 4 nitrogen and oxygen atoms in total. The Hall–Kier alpha value is -2.04. The summed E-state index contributed by atoms with van der Waals surface area (Å²) in [7, 11) is 5.05. The highest BCUT2D eigenvalue weighted by molar-refractivity contribution is 6.30. The van der Waals surface area contributed by atoms with Crippen LogP contribution in [0.4, 0.5) is 10.5 Å². The fraction of sp³-hybridized carbons (Fsp3) is 0.235. The van der Waals surface area contributed by atoms with Gasteiger partial charge in [-0.1, -0.05) is 29.8 Å². The third kappa shape index (κ3) is 4.00. The van der Waals surface area contributed by atoms with Crippen molar-refractivity contribution in [3.8, 4) is 11.1 Å². The molecule has 0 aliphatic heterocycles. The average molecular weight is 319 g/mol. The largest absolute Gasteiger partial charge is 0.380 e. The van der Waals surface area contributed by atoms with Crippen LogP contribution in [0.3, 0.4) is 0 Å². The van der Waals surface area contributed by atoms with Crippen LogP contribution in [0.2, 0.25) is 5.02 Å². The molecule has 2 rings (SSSR count). The zero-order chi connectivity index (χ0) is 16.1. The first kappa shape index (κ1) is 16.3. The van der Waals surface area contributed by atoms with E-state index in [0.29, 0.717) is 11.6 Å². The van der Waals surface area contributed by atoms with E-state index in [1.165, 1.54) is 4.90 Å². The molecule has 0 fully saturated rings. The molecule has 116 valence electrons. The van der Waals surface area contributed by atoms with E-state index in [9.17, 15) is 4.79 Å². The molecule has 0 atom stereocenters. The summed E-state index contributed by atoms with van der Waals surface area (Å²) in [5.41, 5.74) is 3.85. The van der Waals surface area contributed by atoms with Crippen molar-refractivity contribution in [1.82, 2.24) is 4.90 Å². The lowest BCUT2D eigenvalue weighted by atomic mass is 9.99. The van der Waals surface area contributed by atoms with Gasteiger partial charge in [-0.3, -0.25) is 0 Å². The predicted molar refractivity (Wildman–Crippen MR) is 90.3 cm³/mol. The molecular weight excluding hydrogens is 300 g/mol. The molecule has 0 saturated heterocycles. The topological polar surface area (TPSA) is 41.6 Å². The van der Waals surface area contributed by atoms with Crippen LogP contribution < -0.4 is 5.32 Å². The molecule has 1 N–H and O–H groups in total. The van der Waals surface area contributed by atoms with Crippen molar-refractivity contribution in [2.75, 3.05) is 26.5 Å². The SMILES string of the molecule is COCc1cc(NC(=O)N(C)C)ccc1-c1ccc(Cl)cc1. The number of benzene rings is 2. The molecule has 0 bridgehead atoms. The van der Waals surface area contributed by atoms with Crippen molar-refractivity contribution in [3.63, 3.8) is 0 Å². The maximum absolute atomic E-state index is 11.7. The number of ether oxygens (including phenoxy) is 1. The van der Waals surface area contributed by atoms with Crippen LogP contribution in [0.25, 0.3) is 11.1 Å². The lowest BCUT2D eigenvalue weighted by Gasteiger charge is -2.15. The minimum absolute atomic E-state index is 0.164. The predicted octanol–water partition coefficient (Wildman–Crippen LogP) is 4.25. The zero-order valence-electron chi connectivity index (χ0n) is 12.9. The number of hydrogen-bond donors (Lipinski definition) is 1. The number of nitrogens with zero attached hydrogens (tertiary/aromatic N) is 1. The first-order valence-electron chi connectivity index (χ1n) is 6.87. The van der Waals surface area contributed by atoms with Crippen LogP contribution in [0.15, 0.2) is 42.5 Å². The van der Waals surface area contributed by atoms with E-state index in [0.717, 1.165) is 22.4 Å². The molecule has 2 aromatic rings. The summed E-state index contributed by atoms with van der Waals surface area (Å²) in [5.74, 6) is 0. The summed E-state index contributed by atoms with van der Waals surface area (Å²) in [6, 6.07) is 13.3. The van der Waals surface area contributed by atoms with Gasteiger partial charge in [0.2, 0.25) is 0 Å². The summed E-state index contributed by atoms with van der Waals surface area (Å²) in [4.78, 5) is 13.2. The molecule has 0 aliphatic carbocycles. The maximum Gasteiger partial charge on any atom is 0.321 e. The highest BCUT2D eigenvalue weighted by Gasteiger charge is 2.09. The Kier molecular flexibility index (Phi) is 5.41. The molecule has 2 aromatic carbocycles. The van der Waals surface area contributed by atoms with Crippen molar-refractivity contribution in [2.45, 2.75) is 6.61 Å². The van der Waals surface area contributed by atoms with Gasteiger partial charge in [0, 0.05) is 31.9 Å². The van der Waals surface area contributed by atoms with E-state index in [2.05, 4.69) is 5.32 Å². The monoisotopic (exact) mass is 318 g/mol. The highest BCUT2D eigenvalue weighted by atomic mass is 35.5. The summed E-state index contributed by atoms with van der Waals surface area (Å²) in [6.07, 6.45) is 0. The normalized spacial score (nSPS) is 10.4. The second-order valence-corrected chi connectivity index (χ2v) is 5.57. The number of urea groups is 1. The number of halogens is 1. The fourth-order valence-corrected chi connectivity index (χ4v) is 2.22. The van der Waals surface area contributed by atoms with Crippen LogP contribution in [0, 0.1) is 0 Å². The minimum atomic E-state index is -0.164. The Balaban J connectivity index is 2.34. The minimum Gasteiger partial charge on any atom is -0.380 e. The molecule has 0 aromatic heterocycles. The molecule has 0 aliphatic rings. The van der Waals surface area contributed by atoms with E-state index in [-0.39, 0.29) is 6.03 Å². The number of nitrogens with one attached hydrogen (secondary N) is 1. The van der Waals surface area contributed by atoms with E-state index in [4.69, 9.17) is 16.3 Å². The molecule has 2 amide bonds. The molecule has 0 spiro atoms. The molecular formula is C17H19ClN2O2. The Labute approximate surface area is 135 Å². The summed E-state index contributed by atoms with van der Waals surface area (Å²) in [6.45, 7) is 0.462. The smallest absolute Gasteiger partial charge is 0.321 e. The second kappa shape index (κ2) is 7.29. The van der Waals surface area contributed by atoms with Gasteiger partial charge in [0.05, 0.1) is 6.61 Å². The summed E-state index contributed by atoms with van der Waals surface area (Å²) in [5, 5.41) is 3.54. The first-order chi connectivity index (χ1) is 10.5. The number of carbonyl (C=O) groups is 1. The number of amides is 2. The lowest BCUT2D eigenvalue weighted by Crippen LogP contribution is -2.27. The maximum atomic E-state index is 11.7. The van der Waals surface area contributed by atoms with Crippen LogP contribution in [-0.4, -0.2) is 32.1 Å². The Morgan fingerprint density at radius 1 is 1.18 bits per heavy atom. The van der Waals surface area contributed by atoms with Crippen molar-refractivity contribution >= 4 is 23.3 Å². The summed E-state index contributed by atoms with van der Waals surface area (Å²) < 4.78 is 5.27. The number of rotatable bonds is 4. The van der Waals surface area contributed by atoms with Gasteiger partial charge < -0.3 is 15.0 Å². The Bertz CT molecular complexity index is 654. The fourth-order valence-electron chi connectivity index (χ4n) is 2.09. The quantitative estimate of drug-likeness (QED) is 0.915. The number of carbonyl (C=O) groups excluding carboxylic acids is 1. The molecule has 0 radical (unpaired) electrons. The standard InChI is InChI=1S/C17H19ClN2O2/c1-20(2)17(21)19-15-8-9-16(13(10-15)11-22-3)12-4-6-14(18)7-5-12/h4-10H,11H2,1-3H3,(H,19,21). The number of hydrogen-bond acceptors (Lipinski definition) is 2. The van der Waals surface area contributed by atoms with Crippen LogP contribution >= 0.6 is 11.6 Å². The molecule has 0 saturated carbocycles. The van der Waals surface area contributed by atoms with E-state index < -0.39 is 0 Å². The Morgan fingerprint density at radius 3 is 2.45 bits per heavy atom. The van der Waals surface area contributed by atoms with Gasteiger partial charge in [0.15, 0.2) is 0 Å². The summed E-state index contributed by atoms with van der Waals surface area (Å²) >= 11 is 5.94. The third-order valence-electron chi connectivity index (χ3n) is 3.22. The van der Waals surface area contributed by atoms with E-state index in [1.54, 1.807) is 21.2 Å². The van der Waals surface area contributed by atoms with Gasteiger partial charge in [-0.05, 0) is 41.0 Å². The first-order valence-corrected chi connectivity index (χ1v) is 7.25. The molecule has 0 heterocycles. The number of anilines is 1. The third-order valence-corrected chi connectivity index (χ3v) is 3.47. The van der Waals surface area contributed by atoms with Crippen molar-refractivity contribution in [2.24, 2.45) is 0 Å². The van der Waals surface area contributed by atoms with Gasteiger partial charge in [-0.25, -0.2) is 4.79 Å². The zero-order valence-corrected chi connectivity index (χ0v) is 13.6. The van der Waals surface area contributed by atoms with Crippen molar-refractivity contribution in [1.29, 1.82) is 0 Å². The van der Waals surface area contributed by atoms with Crippen LogP contribution in [-0.2, 0) is 11.3 Å². The lowest BCUT2D eigenvalue weighted by molar-refractivity contribution is 0.185. The van der Waals surface area contributed by atoms with Crippen molar-refractivity contribution < 1.29 is 9.53 Å².